The molecule has 2 aromatic rings. The molecule has 0 radical (unpaired) electrons. The summed E-state index contributed by atoms with van der Waals surface area (Å²) in [5.74, 6) is 0.724. The maximum atomic E-state index is 13.4. The number of aryl methyl sites for hydroxylation is 1. The van der Waals surface area contributed by atoms with E-state index in [9.17, 15) is 4.39 Å². The molecule has 2 nitrogen and oxygen atoms in total. The number of halogens is 1. The molecule has 0 unspecified atom stereocenters. The lowest BCUT2D eigenvalue weighted by molar-refractivity contribution is 0.308. The molecule has 0 atom stereocenters. The van der Waals surface area contributed by atoms with Gasteiger partial charge in [-0.3, -0.25) is 4.90 Å². The highest BCUT2D eigenvalue weighted by Gasteiger charge is 2.24. The van der Waals surface area contributed by atoms with Crippen LogP contribution >= 0.6 is 0 Å². The van der Waals surface area contributed by atoms with Crippen LogP contribution in [0.3, 0.4) is 0 Å². The largest absolute Gasteiger partial charge is 0.489 e. The average Bonchev–Trinajstić information content (AvgIpc) is 3.09. The van der Waals surface area contributed by atoms with Crippen molar-refractivity contribution in [3.8, 4) is 5.75 Å². The van der Waals surface area contributed by atoms with E-state index >= 15 is 0 Å². The van der Waals surface area contributed by atoms with Crippen molar-refractivity contribution in [1.82, 2.24) is 4.90 Å². The minimum atomic E-state index is -0.197. The molecule has 0 saturated carbocycles. The number of nitrogens with zero attached hydrogens (tertiary/aromatic N) is 1. The van der Waals surface area contributed by atoms with Gasteiger partial charge in [0.25, 0.3) is 0 Å². The van der Waals surface area contributed by atoms with Crippen LogP contribution in [0.25, 0.3) is 5.57 Å². The molecule has 1 saturated heterocycles. The van der Waals surface area contributed by atoms with Gasteiger partial charge in [-0.25, -0.2) is 4.39 Å². The molecule has 24 heavy (non-hydrogen) atoms. The smallest absolute Gasteiger partial charge is 0.127 e. The molecule has 3 heteroatoms. The molecule has 0 aromatic heterocycles. The van der Waals surface area contributed by atoms with E-state index in [-0.39, 0.29) is 5.82 Å². The van der Waals surface area contributed by atoms with Crippen LogP contribution < -0.4 is 4.74 Å². The molecule has 1 fully saturated rings. The Bertz CT molecular complexity index is 773. The predicted molar refractivity (Wildman–Crippen MR) is 94.8 cm³/mol. The third kappa shape index (κ3) is 2.96. The summed E-state index contributed by atoms with van der Waals surface area (Å²) in [5, 5.41) is 0. The minimum Gasteiger partial charge on any atom is -0.489 e. The number of benzene rings is 2. The summed E-state index contributed by atoms with van der Waals surface area (Å²) < 4.78 is 19.4. The van der Waals surface area contributed by atoms with Crippen molar-refractivity contribution in [2.75, 3.05) is 26.2 Å². The molecule has 0 bridgehead atoms. The first-order valence-electron chi connectivity index (χ1n) is 8.65. The van der Waals surface area contributed by atoms with Gasteiger partial charge >= 0.3 is 0 Å². The topological polar surface area (TPSA) is 12.5 Å². The van der Waals surface area contributed by atoms with Crippen LogP contribution in [-0.4, -0.2) is 31.1 Å². The summed E-state index contributed by atoms with van der Waals surface area (Å²) in [5.41, 5.74) is 5.91. The number of hydrogen-bond acceptors (Lipinski definition) is 2. The van der Waals surface area contributed by atoms with Gasteiger partial charge in [-0.2, -0.15) is 0 Å². The van der Waals surface area contributed by atoms with Crippen molar-refractivity contribution < 1.29 is 9.13 Å². The second kappa shape index (κ2) is 6.40. The molecular weight excluding hydrogens is 301 g/mol. The molecule has 4 rings (SSSR count). The molecule has 2 heterocycles. The third-order valence-corrected chi connectivity index (χ3v) is 4.91. The summed E-state index contributed by atoms with van der Waals surface area (Å²) in [4.78, 5) is 2.49. The van der Waals surface area contributed by atoms with Crippen molar-refractivity contribution in [2.24, 2.45) is 0 Å². The molecule has 0 amide bonds. The van der Waals surface area contributed by atoms with E-state index in [0.29, 0.717) is 6.61 Å². The predicted octanol–water partition coefficient (Wildman–Crippen LogP) is 4.42. The molecule has 2 aromatic carbocycles. The number of hydrogen-bond donors (Lipinski definition) is 0. The normalized spacial score (nSPS) is 17.8. The Kier molecular flexibility index (Phi) is 4.11. The van der Waals surface area contributed by atoms with Crippen LogP contribution in [0.1, 0.15) is 29.5 Å². The molecule has 0 spiro atoms. The highest BCUT2D eigenvalue weighted by molar-refractivity contribution is 5.86. The van der Waals surface area contributed by atoms with Crippen molar-refractivity contribution in [3.63, 3.8) is 0 Å². The van der Waals surface area contributed by atoms with Gasteiger partial charge in [0.05, 0.1) is 0 Å². The third-order valence-electron chi connectivity index (χ3n) is 4.91. The van der Waals surface area contributed by atoms with Gasteiger partial charge in [-0.1, -0.05) is 23.8 Å². The fraction of sp³-hybridized carbons (Fsp3) is 0.333. The molecular formula is C21H22FNO. The van der Waals surface area contributed by atoms with Gasteiger partial charge in [-0.05, 0) is 73.8 Å². The number of fused-ring (bicyclic) bond motifs is 1. The van der Waals surface area contributed by atoms with Crippen LogP contribution in [-0.2, 0) is 0 Å². The van der Waals surface area contributed by atoms with Crippen molar-refractivity contribution in [1.29, 1.82) is 0 Å². The monoisotopic (exact) mass is 323 g/mol. The Labute approximate surface area is 142 Å². The SMILES string of the molecule is Cc1ccc2c(c1)C(c1ccc(F)cc1)=C(CN1CCCC1)CO2. The molecule has 2 aliphatic heterocycles. The standard InChI is InChI=1S/C21H22FNO/c1-15-4-9-20-19(12-15)21(16-5-7-18(22)8-6-16)17(14-24-20)13-23-10-2-3-11-23/h4-9,12H,2-3,10-11,13-14H2,1H3. The lowest BCUT2D eigenvalue weighted by Crippen LogP contribution is -2.26. The van der Waals surface area contributed by atoms with Crippen LogP contribution in [0, 0.1) is 12.7 Å². The van der Waals surface area contributed by atoms with E-state index in [4.69, 9.17) is 4.74 Å². The zero-order valence-electron chi connectivity index (χ0n) is 14.0. The second-order valence-electron chi connectivity index (χ2n) is 6.76. The first kappa shape index (κ1) is 15.4. The Morgan fingerprint density at radius 3 is 2.54 bits per heavy atom. The molecule has 124 valence electrons. The molecule has 0 aliphatic carbocycles. The fourth-order valence-corrected chi connectivity index (χ4v) is 3.70. The van der Waals surface area contributed by atoms with Crippen LogP contribution in [0.4, 0.5) is 4.39 Å². The zero-order valence-corrected chi connectivity index (χ0v) is 14.0. The van der Waals surface area contributed by atoms with Gasteiger partial charge in [-0.15, -0.1) is 0 Å². The van der Waals surface area contributed by atoms with E-state index in [1.54, 1.807) is 12.1 Å². The maximum Gasteiger partial charge on any atom is 0.127 e. The summed E-state index contributed by atoms with van der Waals surface area (Å²) >= 11 is 0. The van der Waals surface area contributed by atoms with Crippen LogP contribution in [0.15, 0.2) is 48.0 Å². The van der Waals surface area contributed by atoms with E-state index in [2.05, 4.69) is 24.0 Å². The van der Waals surface area contributed by atoms with Gasteiger partial charge < -0.3 is 4.74 Å². The van der Waals surface area contributed by atoms with Gasteiger partial charge in [0.2, 0.25) is 0 Å². The molecule has 2 aliphatic rings. The first-order valence-corrected chi connectivity index (χ1v) is 8.65. The summed E-state index contributed by atoms with van der Waals surface area (Å²) in [6.07, 6.45) is 2.55. The lowest BCUT2D eigenvalue weighted by atomic mass is 9.90. The lowest BCUT2D eigenvalue weighted by Gasteiger charge is -2.27. The molecule has 0 N–H and O–H groups in total. The van der Waals surface area contributed by atoms with Crippen molar-refractivity contribution >= 4 is 5.57 Å². The summed E-state index contributed by atoms with van der Waals surface area (Å²) in [6, 6.07) is 13.1. The zero-order chi connectivity index (χ0) is 16.5. The number of likely N-dealkylation sites (tertiary alicyclic amines) is 1. The summed E-state index contributed by atoms with van der Waals surface area (Å²) in [6.45, 7) is 5.94. The fourth-order valence-electron chi connectivity index (χ4n) is 3.70. The van der Waals surface area contributed by atoms with E-state index in [0.717, 1.165) is 36.5 Å². The first-order chi connectivity index (χ1) is 11.7. The quantitative estimate of drug-likeness (QED) is 0.829. The Morgan fingerprint density at radius 1 is 1.04 bits per heavy atom. The Morgan fingerprint density at radius 2 is 1.79 bits per heavy atom. The average molecular weight is 323 g/mol. The number of rotatable bonds is 3. The van der Waals surface area contributed by atoms with Gasteiger partial charge in [0.1, 0.15) is 18.2 Å². The van der Waals surface area contributed by atoms with Crippen molar-refractivity contribution in [3.05, 3.63) is 70.5 Å². The number of ether oxygens (including phenoxy) is 1. The van der Waals surface area contributed by atoms with Gasteiger partial charge in [0.15, 0.2) is 0 Å². The van der Waals surface area contributed by atoms with E-state index in [1.807, 2.05) is 18.2 Å². The van der Waals surface area contributed by atoms with Gasteiger partial charge in [0, 0.05) is 12.1 Å². The minimum absolute atomic E-state index is 0.197. The second-order valence-corrected chi connectivity index (χ2v) is 6.76. The summed E-state index contributed by atoms with van der Waals surface area (Å²) in [7, 11) is 0. The van der Waals surface area contributed by atoms with Crippen LogP contribution in [0.2, 0.25) is 0 Å². The van der Waals surface area contributed by atoms with Crippen molar-refractivity contribution in [2.45, 2.75) is 19.8 Å². The maximum absolute atomic E-state index is 13.4. The van der Waals surface area contributed by atoms with E-state index in [1.165, 1.54) is 29.6 Å². The Balaban J connectivity index is 1.82. The highest BCUT2D eigenvalue weighted by atomic mass is 19.1. The van der Waals surface area contributed by atoms with E-state index < -0.39 is 0 Å². The van der Waals surface area contributed by atoms with Crippen LogP contribution in [0.5, 0.6) is 5.75 Å². The Hall–Kier alpha value is -2.13. The highest BCUT2D eigenvalue weighted by Crippen LogP contribution is 2.38.